The first kappa shape index (κ1) is 12.0. The topological polar surface area (TPSA) is 84.6 Å². The number of rotatable bonds is 3. The highest BCUT2D eigenvalue weighted by atomic mass is 16.5. The van der Waals surface area contributed by atoms with E-state index in [9.17, 15) is 4.79 Å². The maximum Gasteiger partial charge on any atom is 0.335 e. The van der Waals surface area contributed by atoms with Crippen LogP contribution in [0.25, 0.3) is 0 Å². The highest BCUT2D eigenvalue weighted by Crippen LogP contribution is 2.23. The number of aromatic carboxylic acids is 1. The van der Waals surface area contributed by atoms with Crippen molar-refractivity contribution in [3.05, 3.63) is 34.9 Å². The van der Waals surface area contributed by atoms with Crippen LogP contribution < -0.4 is 11.1 Å². The number of nitrogens with one attached hydrogen (secondary N) is 1. The van der Waals surface area contributed by atoms with Crippen molar-refractivity contribution in [2.24, 2.45) is 5.73 Å². The van der Waals surface area contributed by atoms with Gasteiger partial charge in [-0.25, -0.2) is 4.79 Å². The minimum absolute atomic E-state index is 0.0369. The maximum absolute atomic E-state index is 10.9. The van der Waals surface area contributed by atoms with Gasteiger partial charge in [-0.2, -0.15) is 0 Å². The molecule has 0 aromatic heterocycles. The molecule has 4 N–H and O–H groups in total. The Balaban J connectivity index is 2.29. The number of hydrogen-bond donors (Lipinski definition) is 3. The third-order valence-corrected chi connectivity index (χ3v) is 2.88. The van der Waals surface area contributed by atoms with Crippen molar-refractivity contribution in [3.63, 3.8) is 0 Å². The minimum atomic E-state index is -0.936. The van der Waals surface area contributed by atoms with Crippen molar-refractivity contribution in [2.75, 3.05) is 19.7 Å². The Morgan fingerprint density at radius 3 is 3.00 bits per heavy atom. The first-order valence-electron chi connectivity index (χ1n) is 5.61. The largest absolute Gasteiger partial charge is 0.478 e. The average Bonchev–Trinajstić information content (AvgIpc) is 2.39. The van der Waals surface area contributed by atoms with Gasteiger partial charge in [0.2, 0.25) is 0 Å². The van der Waals surface area contributed by atoms with Crippen molar-refractivity contribution in [1.29, 1.82) is 0 Å². The van der Waals surface area contributed by atoms with Gasteiger partial charge in [0.25, 0.3) is 0 Å². The zero-order chi connectivity index (χ0) is 12.3. The predicted octanol–water partition coefficient (Wildman–Crippen LogP) is 0.504. The molecule has 0 spiro atoms. The summed E-state index contributed by atoms with van der Waals surface area (Å²) in [7, 11) is 0. The van der Waals surface area contributed by atoms with Crippen LogP contribution >= 0.6 is 0 Å². The molecule has 1 aromatic carbocycles. The van der Waals surface area contributed by atoms with Crippen molar-refractivity contribution in [2.45, 2.75) is 12.6 Å². The molecule has 5 nitrogen and oxygen atoms in total. The molecular weight excluding hydrogens is 220 g/mol. The number of hydrogen-bond acceptors (Lipinski definition) is 4. The fourth-order valence-corrected chi connectivity index (χ4v) is 1.99. The highest BCUT2D eigenvalue weighted by Gasteiger charge is 2.19. The van der Waals surface area contributed by atoms with Crippen LogP contribution in [0.1, 0.15) is 27.6 Å². The third-order valence-electron chi connectivity index (χ3n) is 2.88. The molecule has 1 fully saturated rings. The monoisotopic (exact) mass is 236 g/mol. The summed E-state index contributed by atoms with van der Waals surface area (Å²) in [6, 6.07) is 5.01. The molecule has 1 aromatic rings. The molecule has 2 rings (SSSR count). The Bertz CT molecular complexity index is 414. The lowest BCUT2D eigenvalue weighted by Gasteiger charge is -2.25. The molecule has 1 atom stereocenters. The number of carboxylic acids is 1. The molecule has 0 amide bonds. The van der Waals surface area contributed by atoms with E-state index in [1.165, 1.54) is 0 Å². The SMILES string of the molecule is NCc1cc(C(=O)O)ccc1C1CNCCO1. The van der Waals surface area contributed by atoms with Gasteiger partial charge in [-0.05, 0) is 23.3 Å². The lowest BCUT2D eigenvalue weighted by molar-refractivity contribution is 0.0271. The average molecular weight is 236 g/mol. The van der Waals surface area contributed by atoms with Crippen molar-refractivity contribution < 1.29 is 14.6 Å². The van der Waals surface area contributed by atoms with Gasteiger partial charge >= 0.3 is 5.97 Å². The second-order valence-corrected chi connectivity index (χ2v) is 3.99. The van der Waals surface area contributed by atoms with Crippen molar-refractivity contribution in [1.82, 2.24) is 5.32 Å². The van der Waals surface area contributed by atoms with Gasteiger partial charge in [0, 0.05) is 19.6 Å². The van der Waals surface area contributed by atoms with E-state index in [-0.39, 0.29) is 11.7 Å². The number of morpholine rings is 1. The molecular formula is C12H16N2O3. The summed E-state index contributed by atoms with van der Waals surface area (Å²) in [4.78, 5) is 10.9. The molecule has 0 radical (unpaired) electrons. The molecule has 5 heteroatoms. The summed E-state index contributed by atoms with van der Waals surface area (Å²) < 4.78 is 5.64. The number of benzene rings is 1. The van der Waals surface area contributed by atoms with E-state index in [0.717, 1.165) is 24.2 Å². The van der Waals surface area contributed by atoms with Gasteiger partial charge in [0.1, 0.15) is 0 Å². The normalized spacial score (nSPS) is 20.2. The molecule has 1 aliphatic rings. The van der Waals surface area contributed by atoms with Crippen LogP contribution in [0.4, 0.5) is 0 Å². The molecule has 1 saturated heterocycles. The lowest BCUT2D eigenvalue weighted by Crippen LogP contribution is -2.34. The predicted molar refractivity (Wildman–Crippen MR) is 62.9 cm³/mol. The second-order valence-electron chi connectivity index (χ2n) is 3.99. The van der Waals surface area contributed by atoms with Crippen LogP contribution in [0.15, 0.2) is 18.2 Å². The molecule has 92 valence electrons. The van der Waals surface area contributed by atoms with Gasteiger partial charge in [0.15, 0.2) is 0 Å². The molecule has 17 heavy (non-hydrogen) atoms. The molecule has 0 bridgehead atoms. The van der Waals surface area contributed by atoms with E-state index in [4.69, 9.17) is 15.6 Å². The molecule has 0 saturated carbocycles. The van der Waals surface area contributed by atoms with Gasteiger partial charge in [0.05, 0.1) is 18.3 Å². The standard InChI is InChI=1S/C12H16N2O3/c13-6-9-5-8(12(15)16)1-2-10(9)11-7-14-3-4-17-11/h1-2,5,11,14H,3-4,6-7,13H2,(H,15,16). The van der Waals surface area contributed by atoms with E-state index in [1.807, 2.05) is 0 Å². The van der Waals surface area contributed by atoms with E-state index in [1.54, 1.807) is 18.2 Å². The Kier molecular flexibility index (Phi) is 3.73. The Morgan fingerprint density at radius 1 is 1.59 bits per heavy atom. The fraction of sp³-hybridized carbons (Fsp3) is 0.417. The summed E-state index contributed by atoms with van der Waals surface area (Å²) in [5.74, 6) is -0.936. The zero-order valence-electron chi connectivity index (χ0n) is 9.48. The number of nitrogens with two attached hydrogens (primary N) is 1. The van der Waals surface area contributed by atoms with Crippen molar-refractivity contribution >= 4 is 5.97 Å². The summed E-state index contributed by atoms with van der Waals surface area (Å²) in [5.41, 5.74) is 7.73. The van der Waals surface area contributed by atoms with Crippen LogP contribution in [0.3, 0.4) is 0 Å². The third kappa shape index (κ3) is 2.63. The first-order valence-corrected chi connectivity index (χ1v) is 5.61. The number of carbonyl (C=O) groups is 1. The maximum atomic E-state index is 10.9. The Labute approximate surface area is 99.6 Å². The molecule has 1 aliphatic heterocycles. The Morgan fingerprint density at radius 2 is 2.41 bits per heavy atom. The van der Waals surface area contributed by atoms with E-state index < -0.39 is 5.97 Å². The number of ether oxygens (including phenoxy) is 1. The summed E-state index contributed by atoms with van der Waals surface area (Å²) in [6.45, 7) is 2.56. The Hall–Kier alpha value is -1.43. The minimum Gasteiger partial charge on any atom is -0.478 e. The van der Waals surface area contributed by atoms with Crippen LogP contribution in [0.2, 0.25) is 0 Å². The fourth-order valence-electron chi connectivity index (χ4n) is 1.99. The smallest absolute Gasteiger partial charge is 0.335 e. The van der Waals surface area contributed by atoms with E-state index >= 15 is 0 Å². The van der Waals surface area contributed by atoms with Gasteiger partial charge in [-0.1, -0.05) is 6.07 Å². The first-order chi connectivity index (χ1) is 8.22. The van der Waals surface area contributed by atoms with Gasteiger partial charge in [-0.15, -0.1) is 0 Å². The quantitative estimate of drug-likeness (QED) is 0.712. The summed E-state index contributed by atoms with van der Waals surface area (Å²) in [5, 5.41) is 12.2. The van der Waals surface area contributed by atoms with E-state index in [0.29, 0.717) is 13.2 Å². The van der Waals surface area contributed by atoms with Crippen LogP contribution in [-0.4, -0.2) is 30.8 Å². The molecule has 1 unspecified atom stereocenters. The van der Waals surface area contributed by atoms with Crippen LogP contribution in [0, 0.1) is 0 Å². The van der Waals surface area contributed by atoms with Gasteiger partial charge < -0.3 is 20.9 Å². The van der Waals surface area contributed by atoms with E-state index in [2.05, 4.69) is 5.32 Å². The summed E-state index contributed by atoms with van der Waals surface area (Å²) in [6.07, 6.45) is -0.0369. The second kappa shape index (κ2) is 5.27. The van der Waals surface area contributed by atoms with Crippen molar-refractivity contribution in [3.8, 4) is 0 Å². The summed E-state index contributed by atoms with van der Waals surface area (Å²) >= 11 is 0. The van der Waals surface area contributed by atoms with Gasteiger partial charge in [-0.3, -0.25) is 0 Å². The molecule has 1 heterocycles. The molecule has 0 aliphatic carbocycles. The number of carboxylic acid groups (broad SMARTS) is 1. The highest BCUT2D eigenvalue weighted by molar-refractivity contribution is 5.87. The van der Waals surface area contributed by atoms with Crippen LogP contribution in [0.5, 0.6) is 0 Å². The van der Waals surface area contributed by atoms with Crippen LogP contribution in [-0.2, 0) is 11.3 Å². The zero-order valence-corrected chi connectivity index (χ0v) is 9.48. The lowest BCUT2D eigenvalue weighted by atomic mass is 9.99.